The van der Waals surface area contributed by atoms with Crippen LogP contribution < -0.4 is 0 Å². The molecule has 0 saturated carbocycles. The highest BCUT2D eigenvalue weighted by molar-refractivity contribution is 5.97. The van der Waals surface area contributed by atoms with Crippen molar-refractivity contribution in [2.75, 3.05) is 13.7 Å². The van der Waals surface area contributed by atoms with Crippen molar-refractivity contribution in [1.29, 1.82) is 0 Å². The SMILES string of the molecule is COC(=O)CCC1=NCC=C1. The van der Waals surface area contributed by atoms with Gasteiger partial charge in [-0.15, -0.1) is 0 Å². The molecule has 60 valence electrons. The largest absolute Gasteiger partial charge is 0.469 e. The standard InChI is InChI=1S/C8H11NO2/c1-11-8(10)5-4-7-3-2-6-9-7/h2-3H,4-6H2,1H3. The quantitative estimate of drug-likeness (QED) is 0.566. The molecule has 0 aromatic heterocycles. The highest BCUT2D eigenvalue weighted by Gasteiger charge is 2.04. The van der Waals surface area contributed by atoms with Crippen molar-refractivity contribution in [2.45, 2.75) is 12.8 Å². The molecule has 0 amide bonds. The van der Waals surface area contributed by atoms with E-state index < -0.39 is 0 Å². The third-order valence-electron chi connectivity index (χ3n) is 1.52. The summed E-state index contributed by atoms with van der Waals surface area (Å²) < 4.78 is 4.49. The number of esters is 1. The molecule has 0 N–H and O–H groups in total. The zero-order chi connectivity index (χ0) is 8.10. The minimum atomic E-state index is -0.173. The van der Waals surface area contributed by atoms with Gasteiger partial charge in [-0.2, -0.15) is 0 Å². The third-order valence-corrected chi connectivity index (χ3v) is 1.52. The van der Waals surface area contributed by atoms with E-state index in [0.717, 1.165) is 12.3 Å². The van der Waals surface area contributed by atoms with Gasteiger partial charge in [0.25, 0.3) is 0 Å². The van der Waals surface area contributed by atoms with E-state index in [4.69, 9.17) is 0 Å². The molecule has 3 nitrogen and oxygen atoms in total. The lowest BCUT2D eigenvalue weighted by Crippen LogP contribution is -2.02. The first-order valence-corrected chi connectivity index (χ1v) is 3.59. The summed E-state index contributed by atoms with van der Waals surface area (Å²) in [6.45, 7) is 0.760. The predicted octanol–water partition coefficient (Wildman–Crippen LogP) is 0.950. The molecule has 0 atom stereocenters. The number of hydrogen-bond donors (Lipinski definition) is 0. The molecule has 0 aliphatic carbocycles. The molecular weight excluding hydrogens is 142 g/mol. The fourth-order valence-electron chi connectivity index (χ4n) is 0.906. The van der Waals surface area contributed by atoms with Crippen LogP contribution in [0, 0.1) is 0 Å². The Balaban J connectivity index is 2.22. The third kappa shape index (κ3) is 2.53. The maximum atomic E-state index is 10.7. The Morgan fingerprint density at radius 3 is 3.18 bits per heavy atom. The van der Waals surface area contributed by atoms with Crippen LogP contribution in [0.25, 0.3) is 0 Å². The molecule has 1 heterocycles. The molecule has 0 spiro atoms. The van der Waals surface area contributed by atoms with Crippen molar-refractivity contribution in [3.8, 4) is 0 Å². The summed E-state index contributed by atoms with van der Waals surface area (Å²) in [5.74, 6) is -0.173. The highest BCUT2D eigenvalue weighted by atomic mass is 16.5. The average Bonchev–Trinajstić information content (AvgIpc) is 2.52. The van der Waals surface area contributed by atoms with Gasteiger partial charge >= 0.3 is 5.97 Å². The number of hydrogen-bond acceptors (Lipinski definition) is 3. The summed E-state index contributed by atoms with van der Waals surface area (Å²) in [4.78, 5) is 14.8. The van der Waals surface area contributed by atoms with Crippen molar-refractivity contribution >= 4 is 11.7 Å². The van der Waals surface area contributed by atoms with Crippen LogP contribution in [0.2, 0.25) is 0 Å². The Labute approximate surface area is 65.8 Å². The number of methoxy groups -OCH3 is 1. The van der Waals surface area contributed by atoms with Crippen LogP contribution in [-0.2, 0) is 9.53 Å². The Kier molecular flexibility index (Phi) is 2.83. The van der Waals surface area contributed by atoms with Crippen LogP contribution in [0.15, 0.2) is 17.1 Å². The van der Waals surface area contributed by atoms with Gasteiger partial charge in [0.2, 0.25) is 0 Å². The zero-order valence-electron chi connectivity index (χ0n) is 6.54. The number of rotatable bonds is 3. The number of nitrogens with zero attached hydrogens (tertiary/aromatic N) is 1. The van der Waals surface area contributed by atoms with Crippen LogP contribution in [0.3, 0.4) is 0 Å². The maximum absolute atomic E-state index is 10.7. The second-order valence-corrected chi connectivity index (χ2v) is 2.31. The van der Waals surface area contributed by atoms with E-state index in [2.05, 4.69) is 9.73 Å². The van der Waals surface area contributed by atoms with E-state index >= 15 is 0 Å². The van der Waals surface area contributed by atoms with Gasteiger partial charge in [-0.1, -0.05) is 6.08 Å². The van der Waals surface area contributed by atoms with Gasteiger partial charge in [-0.05, 0) is 12.5 Å². The summed E-state index contributed by atoms with van der Waals surface area (Å²) >= 11 is 0. The first-order valence-electron chi connectivity index (χ1n) is 3.59. The molecule has 0 saturated heterocycles. The molecule has 3 heteroatoms. The highest BCUT2D eigenvalue weighted by Crippen LogP contribution is 2.01. The Morgan fingerprint density at radius 2 is 2.64 bits per heavy atom. The first-order chi connectivity index (χ1) is 5.33. The molecule has 0 radical (unpaired) electrons. The molecular formula is C8H11NO2. The average molecular weight is 153 g/mol. The number of ether oxygens (including phenoxy) is 1. The second-order valence-electron chi connectivity index (χ2n) is 2.31. The Bertz CT molecular complexity index is 206. The zero-order valence-corrected chi connectivity index (χ0v) is 6.54. The number of carbonyl (C=O) groups excluding carboxylic acids is 1. The molecule has 11 heavy (non-hydrogen) atoms. The molecule has 0 aromatic rings. The van der Waals surface area contributed by atoms with Crippen LogP contribution in [-0.4, -0.2) is 25.3 Å². The van der Waals surface area contributed by atoms with Crippen molar-refractivity contribution in [3.63, 3.8) is 0 Å². The minimum absolute atomic E-state index is 0.173. The van der Waals surface area contributed by atoms with Gasteiger partial charge in [0, 0.05) is 5.71 Å². The van der Waals surface area contributed by atoms with Crippen LogP contribution in [0.1, 0.15) is 12.8 Å². The van der Waals surface area contributed by atoms with Crippen LogP contribution >= 0.6 is 0 Å². The van der Waals surface area contributed by atoms with E-state index in [-0.39, 0.29) is 5.97 Å². The van der Waals surface area contributed by atoms with E-state index in [9.17, 15) is 4.79 Å². The molecule has 1 rings (SSSR count). The van der Waals surface area contributed by atoms with Gasteiger partial charge in [0.1, 0.15) is 0 Å². The lowest BCUT2D eigenvalue weighted by molar-refractivity contribution is -0.140. The normalized spacial score (nSPS) is 14.8. The van der Waals surface area contributed by atoms with E-state index in [1.807, 2.05) is 12.2 Å². The van der Waals surface area contributed by atoms with E-state index in [1.165, 1.54) is 7.11 Å². The summed E-state index contributed by atoms with van der Waals surface area (Å²) in [6, 6.07) is 0. The number of carbonyl (C=O) groups is 1. The van der Waals surface area contributed by atoms with E-state index in [1.54, 1.807) is 0 Å². The topological polar surface area (TPSA) is 38.7 Å². The molecule has 0 bridgehead atoms. The lowest BCUT2D eigenvalue weighted by Gasteiger charge is -1.96. The smallest absolute Gasteiger partial charge is 0.305 e. The van der Waals surface area contributed by atoms with Crippen LogP contribution in [0.4, 0.5) is 0 Å². The maximum Gasteiger partial charge on any atom is 0.305 e. The molecule has 0 aromatic carbocycles. The van der Waals surface area contributed by atoms with Crippen LogP contribution in [0.5, 0.6) is 0 Å². The molecule has 1 aliphatic rings. The van der Waals surface area contributed by atoms with Gasteiger partial charge in [-0.25, -0.2) is 0 Å². The summed E-state index contributed by atoms with van der Waals surface area (Å²) in [5, 5.41) is 0. The van der Waals surface area contributed by atoms with Gasteiger partial charge in [0.05, 0.1) is 20.1 Å². The predicted molar refractivity (Wildman–Crippen MR) is 42.7 cm³/mol. The van der Waals surface area contributed by atoms with Crippen molar-refractivity contribution in [3.05, 3.63) is 12.2 Å². The summed E-state index contributed by atoms with van der Waals surface area (Å²) in [5.41, 5.74) is 0.996. The molecule has 0 fully saturated rings. The molecule has 1 aliphatic heterocycles. The van der Waals surface area contributed by atoms with E-state index in [0.29, 0.717) is 12.8 Å². The van der Waals surface area contributed by atoms with Gasteiger partial charge < -0.3 is 4.74 Å². The number of allylic oxidation sites excluding steroid dienone is 1. The summed E-state index contributed by atoms with van der Waals surface area (Å²) in [7, 11) is 1.40. The second kappa shape index (κ2) is 3.91. The summed E-state index contributed by atoms with van der Waals surface area (Å²) in [6.07, 6.45) is 5.05. The van der Waals surface area contributed by atoms with Gasteiger partial charge in [0.15, 0.2) is 0 Å². The Hall–Kier alpha value is -1.12. The minimum Gasteiger partial charge on any atom is -0.469 e. The lowest BCUT2D eigenvalue weighted by atomic mass is 10.2. The first kappa shape index (κ1) is 7.98. The fourth-order valence-corrected chi connectivity index (χ4v) is 0.906. The monoisotopic (exact) mass is 153 g/mol. The van der Waals surface area contributed by atoms with Crippen molar-refractivity contribution < 1.29 is 9.53 Å². The Morgan fingerprint density at radius 1 is 1.82 bits per heavy atom. The molecule has 0 unspecified atom stereocenters. The fraction of sp³-hybridized carbons (Fsp3) is 0.500. The van der Waals surface area contributed by atoms with Crippen molar-refractivity contribution in [2.24, 2.45) is 4.99 Å². The van der Waals surface area contributed by atoms with Crippen molar-refractivity contribution in [1.82, 2.24) is 0 Å². The number of aliphatic imine (C=N–C) groups is 1. The van der Waals surface area contributed by atoms with Gasteiger partial charge in [-0.3, -0.25) is 9.79 Å².